The van der Waals surface area contributed by atoms with E-state index in [-0.39, 0.29) is 35.5 Å². The van der Waals surface area contributed by atoms with Gasteiger partial charge in [0.05, 0.1) is 25.2 Å². The van der Waals surface area contributed by atoms with Gasteiger partial charge in [-0.05, 0) is 54.5 Å². The number of fused-ring (bicyclic) bond motifs is 1. The summed E-state index contributed by atoms with van der Waals surface area (Å²) in [6.07, 6.45) is 7.77. The molecule has 1 aromatic carbocycles. The van der Waals surface area contributed by atoms with Gasteiger partial charge in [0.2, 0.25) is 0 Å². The summed E-state index contributed by atoms with van der Waals surface area (Å²) >= 11 is 0. The van der Waals surface area contributed by atoms with Crippen LogP contribution >= 0.6 is 0 Å². The lowest BCUT2D eigenvalue weighted by Gasteiger charge is -2.37. The van der Waals surface area contributed by atoms with Crippen molar-refractivity contribution in [3.63, 3.8) is 0 Å². The number of carbonyl (C=O) groups excluding carboxylic acids is 2. The summed E-state index contributed by atoms with van der Waals surface area (Å²) in [6, 6.07) is 7.31. The van der Waals surface area contributed by atoms with E-state index in [0.717, 1.165) is 29.2 Å². The molecule has 0 N–H and O–H groups in total. The zero-order valence-electron chi connectivity index (χ0n) is 12.9. The molecule has 1 heterocycles. The van der Waals surface area contributed by atoms with Crippen LogP contribution in [0.3, 0.4) is 0 Å². The summed E-state index contributed by atoms with van der Waals surface area (Å²) in [5.41, 5.74) is 0.822. The van der Waals surface area contributed by atoms with Crippen LogP contribution in [0.25, 0.3) is 0 Å². The lowest BCUT2D eigenvalue weighted by atomic mass is 9.63. The molecule has 1 saturated heterocycles. The van der Waals surface area contributed by atoms with Crippen LogP contribution in [0.1, 0.15) is 18.4 Å². The summed E-state index contributed by atoms with van der Waals surface area (Å²) < 4.78 is 5.11. The van der Waals surface area contributed by atoms with Crippen LogP contribution in [-0.4, -0.2) is 30.1 Å². The predicted molar refractivity (Wildman–Crippen MR) is 84.8 cm³/mol. The molecule has 23 heavy (non-hydrogen) atoms. The average molecular weight is 310 g/mol. The Bertz CT molecular complexity index is 675. The molecule has 3 aliphatic carbocycles. The fraction of sp³-hybridized carbons (Fsp3) is 0.389. The summed E-state index contributed by atoms with van der Waals surface area (Å²) in [5, 5.41) is 5.25. The number of nitrogens with zero attached hydrogens (tertiary/aromatic N) is 2. The molecule has 0 unspecified atom stereocenters. The number of amides is 2. The smallest absolute Gasteiger partial charge is 0.254 e. The maximum atomic E-state index is 12.6. The minimum Gasteiger partial charge on any atom is -0.497 e. The van der Waals surface area contributed by atoms with Crippen molar-refractivity contribution in [2.45, 2.75) is 12.8 Å². The van der Waals surface area contributed by atoms with Gasteiger partial charge in [0.25, 0.3) is 11.8 Å². The van der Waals surface area contributed by atoms with Gasteiger partial charge in [0.15, 0.2) is 0 Å². The lowest BCUT2D eigenvalue weighted by molar-refractivity contribution is -0.140. The largest absolute Gasteiger partial charge is 0.497 e. The third-order valence-corrected chi connectivity index (χ3v) is 5.17. The number of allylic oxidation sites excluding steroid dienone is 2. The predicted octanol–water partition coefficient (Wildman–Crippen LogP) is 2.23. The monoisotopic (exact) mass is 310 g/mol. The Labute approximate surface area is 134 Å². The number of carbonyl (C=O) groups is 2. The highest BCUT2D eigenvalue weighted by Gasteiger charge is 2.56. The van der Waals surface area contributed by atoms with Gasteiger partial charge in [-0.25, -0.2) is 0 Å². The molecule has 0 aromatic heterocycles. The molecule has 5 nitrogen and oxygen atoms in total. The van der Waals surface area contributed by atoms with Crippen LogP contribution in [0.5, 0.6) is 5.75 Å². The van der Waals surface area contributed by atoms with E-state index in [0.29, 0.717) is 0 Å². The Hall–Kier alpha value is -2.43. The third-order valence-electron chi connectivity index (χ3n) is 5.17. The number of rotatable bonds is 3. The molecule has 2 bridgehead atoms. The van der Waals surface area contributed by atoms with Crippen molar-refractivity contribution in [3.05, 3.63) is 42.0 Å². The summed E-state index contributed by atoms with van der Waals surface area (Å²) in [4.78, 5) is 25.2. The first-order valence-electron chi connectivity index (χ1n) is 7.93. The van der Waals surface area contributed by atoms with Crippen molar-refractivity contribution < 1.29 is 14.3 Å². The van der Waals surface area contributed by atoms with E-state index < -0.39 is 0 Å². The fourth-order valence-corrected chi connectivity index (χ4v) is 3.99. The number of hydrogen-bond donors (Lipinski definition) is 0. The second-order valence-corrected chi connectivity index (χ2v) is 6.35. The zero-order valence-corrected chi connectivity index (χ0v) is 12.9. The molecule has 5 rings (SSSR count). The van der Waals surface area contributed by atoms with E-state index in [9.17, 15) is 9.59 Å². The first kappa shape index (κ1) is 14.2. The number of benzene rings is 1. The van der Waals surface area contributed by atoms with Crippen molar-refractivity contribution in [1.82, 2.24) is 5.01 Å². The number of ether oxygens (including phenoxy) is 1. The topological polar surface area (TPSA) is 59.0 Å². The highest BCUT2D eigenvalue weighted by Crippen LogP contribution is 2.49. The van der Waals surface area contributed by atoms with Crippen LogP contribution in [0.2, 0.25) is 0 Å². The quantitative estimate of drug-likeness (QED) is 0.489. The first-order chi connectivity index (χ1) is 11.2. The summed E-state index contributed by atoms with van der Waals surface area (Å²) in [7, 11) is 1.61. The molecule has 118 valence electrons. The van der Waals surface area contributed by atoms with Crippen LogP contribution in [-0.2, 0) is 9.59 Å². The zero-order chi connectivity index (χ0) is 16.0. The summed E-state index contributed by atoms with van der Waals surface area (Å²) in [6.45, 7) is 0. The first-order valence-corrected chi connectivity index (χ1v) is 7.93. The number of imide groups is 1. The van der Waals surface area contributed by atoms with Gasteiger partial charge >= 0.3 is 0 Å². The molecule has 2 amide bonds. The molecule has 0 radical (unpaired) electrons. The van der Waals surface area contributed by atoms with Crippen LogP contribution < -0.4 is 4.74 Å². The fourth-order valence-electron chi connectivity index (χ4n) is 3.99. The van der Waals surface area contributed by atoms with Crippen molar-refractivity contribution in [2.75, 3.05) is 7.11 Å². The van der Waals surface area contributed by atoms with E-state index in [4.69, 9.17) is 4.74 Å². The lowest BCUT2D eigenvalue weighted by Crippen LogP contribution is -2.38. The highest BCUT2D eigenvalue weighted by atomic mass is 16.5. The molecule has 0 spiro atoms. The van der Waals surface area contributed by atoms with E-state index >= 15 is 0 Å². The second kappa shape index (κ2) is 5.33. The van der Waals surface area contributed by atoms with Crippen molar-refractivity contribution in [2.24, 2.45) is 28.8 Å². The van der Waals surface area contributed by atoms with Crippen molar-refractivity contribution >= 4 is 18.0 Å². The molecular formula is C18H18N2O3. The Balaban J connectivity index is 1.56. The Kier molecular flexibility index (Phi) is 3.29. The van der Waals surface area contributed by atoms with Crippen LogP contribution in [0, 0.1) is 23.7 Å². The van der Waals surface area contributed by atoms with Crippen LogP contribution in [0.15, 0.2) is 41.5 Å². The third kappa shape index (κ3) is 2.19. The Morgan fingerprint density at radius 2 is 1.61 bits per heavy atom. The summed E-state index contributed by atoms with van der Waals surface area (Å²) in [5.74, 6) is 0.431. The van der Waals surface area contributed by atoms with Gasteiger partial charge in [-0.3, -0.25) is 9.59 Å². The van der Waals surface area contributed by atoms with Crippen molar-refractivity contribution in [1.29, 1.82) is 0 Å². The maximum absolute atomic E-state index is 12.6. The number of hydrogen-bond acceptors (Lipinski definition) is 4. The van der Waals surface area contributed by atoms with Gasteiger partial charge in [-0.2, -0.15) is 10.1 Å². The van der Waals surface area contributed by atoms with Gasteiger partial charge < -0.3 is 4.74 Å². The van der Waals surface area contributed by atoms with E-state index in [1.54, 1.807) is 13.3 Å². The Morgan fingerprint density at radius 3 is 2.09 bits per heavy atom. The molecule has 4 aliphatic rings. The molecule has 1 aliphatic heterocycles. The normalized spacial score (nSPS) is 32.0. The van der Waals surface area contributed by atoms with E-state index in [1.807, 2.05) is 24.3 Å². The minimum atomic E-state index is -0.209. The van der Waals surface area contributed by atoms with E-state index in [1.165, 1.54) is 0 Å². The van der Waals surface area contributed by atoms with Gasteiger partial charge in [0.1, 0.15) is 5.75 Å². The van der Waals surface area contributed by atoms with Gasteiger partial charge in [-0.15, -0.1) is 0 Å². The maximum Gasteiger partial charge on any atom is 0.254 e. The SMILES string of the molecule is COc1ccc(/C=N\N2C(=O)[C@H]3[C@H](C2=O)[C@H]2C=C[C@H]3CC2)cc1. The minimum absolute atomic E-state index is 0.149. The number of hydrazone groups is 1. The highest BCUT2D eigenvalue weighted by molar-refractivity contribution is 6.06. The van der Waals surface area contributed by atoms with Crippen LogP contribution in [0.4, 0.5) is 0 Å². The molecule has 4 atom stereocenters. The molecule has 2 fully saturated rings. The molecular weight excluding hydrogens is 292 g/mol. The standard InChI is InChI=1S/C18H18N2O3/c1-23-14-8-2-11(3-9-14)10-19-20-17(21)15-12-4-5-13(7-6-12)16(15)18(20)22/h2-5,8-10,12-13,15-16H,6-7H2,1H3/b19-10-/t12-,13-,15+,16+/m0/s1. The number of methoxy groups -OCH3 is 1. The average Bonchev–Trinajstić information content (AvgIpc) is 2.88. The Morgan fingerprint density at radius 1 is 1.04 bits per heavy atom. The molecule has 1 aromatic rings. The van der Waals surface area contributed by atoms with Gasteiger partial charge in [-0.1, -0.05) is 12.2 Å². The van der Waals surface area contributed by atoms with Gasteiger partial charge in [0, 0.05) is 0 Å². The van der Waals surface area contributed by atoms with E-state index in [2.05, 4.69) is 17.3 Å². The molecule has 5 heteroatoms. The second-order valence-electron chi connectivity index (χ2n) is 6.35. The molecule has 1 saturated carbocycles. The van der Waals surface area contributed by atoms with Crippen molar-refractivity contribution in [3.8, 4) is 5.75 Å².